The number of amides is 1. The molecule has 1 atom stereocenters. The van der Waals surface area contributed by atoms with Crippen LogP contribution >= 0.6 is 12.4 Å². The van der Waals surface area contributed by atoms with E-state index in [1.165, 1.54) is 19.3 Å². The van der Waals surface area contributed by atoms with Gasteiger partial charge in [0.1, 0.15) is 5.75 Å². The predicted molar refractivity (Wildman–Crippen MR) is 98.9 cm³/mol. The summed E-state index contributed by atoms with van der Waals surface area (Å²) in [5, 5.41) is 0. The molecule has 0 aromatic heterocycles. The van der Waals surface area contributed by atoms with Gasteiger partial charge >= 0.3 is 0 Å². The molecular formula is C19H29ClN2O2. The first-order valence-corrected chi connectivity index (χ1v) is 8.86. The number of nitrogens with zero attached hydrogens (tertiary/aromatic N) is 1. The average molecular weight is 353 g/mol. The molecule has 2 N–H and O–H groups in total. The van der Waals surface area contributed by atoms with Gasteiger partial charge in [-0.2, -0.15) is 0 Å². The number of hydrogen-bond donors (Lipinski definition) is 1. The van der Waals surface area contributed by atoms with Crippen molar-refractivity contribution >= 4 is 18.3 Å². The fourth-order valence-electron chi connectivity index (χ4n) is 3.60. The molecule has 1 heterocycles. The van der Waals surface area contributed by atoms with Crippen LogP contribution in [-0.2, 0) is 0 Å². The van der Waals surface area contributed by atoms with Gasteiger partial charge in [0.25, 0.3) is 5.91 Å². The molecule has 1 aromatic carbocycles. The lowest BCUT2D eigenvalue weighted by Crippen LogP contribution is -2.34. The number of ether oxygens (including phenoxy) is 1. The van der Waals surface area contributed by atoms with E-state index in [1.54, 1.807) is 0 Å². The van der Waals surface area contributed by atoms with E-state index in [4.69, 9.17) is 10.5 Å². The maximum absolute atomic E-state index is 12.6. The van der Waals surface area contributed by atoms with E-state index in [0.717, 1.165) is 43.7 Å². The van der Waals surface area contributed by atoms with Crippen LogP contribution < -0.4 is 10.5 Å². The fraction of sp³-hybridized carbons (Fsp3) is 0.632. The standard InChI is InChI=1S/C19H28N2O2.ClH/c1-19(13-20)11-12-21(14-19)18(22)15-7-9-17(10-8-15)23-16-5-3-2-4-6-16;/h7-10,16H,2-6,11-14,20H2,1H3;1H. The van der Waals surface area contributed by atoms with Gasteiger partial charge in [0.2, 0.25) is 0 Å². The summed E-state index contributed by atoms with van der Waals surface area (Å²) in [5.74, 6) is 0.980. The van der Waals surface area contributed by atoms with Gasteiger partial charge in [0, 0.05) is 18.7 Å². The highest BCUT2D eigenvalue weighted by Gasteiger charge is 2.35. The summed E-state index contributed by atoms with van der Waals surface area (Å²) >= 11 is 0. The molecule has 1 amide bonds. The molecule has 0 radical (unpaired) electrons. The second-order valence-corrected chi connectivity index (χ2v) is 7.39. The summed E-state index contributed by atoms with van der Waals surface area (Å²) in [7, 11) is 0. The van der Waals surface area contributed by atoms with E-state index in [0.29, 0.717) is 12.6 Å². The first-order valence-electron chi connectivity index (χ1n) is 8.86. The SMILES string of the molecule is CC1(CN)CCN(C(=O)c2ccc(OC3CCCCC3)cc2)C1.Cl. The van der Waals surface area contributed by atoms with E-state index >= 15 is 0 Å². The molecule has 4 nitrogen and oxygen atoms in total. The molecule has 2 aliphatic rings. The smallest absolute Gasteiger partial charge is 0.253 e. The molecule has 1 saturated carbocycles. The Hall–Kier alpha value is -1.26. The molecule has 0 bridgehead atoms. The minimum Gasteiger partial charge on any atom is -0.490 e. The second kappa shape index (κ2) is 8.21. The largest absolute Gasteiger partial charge is 0.490 e. The summed E-state index contributed by atoms with van der Waals surface area (Å²) in [4.78, 5) is 14.5. The molecule has 1 saturated heterocycles. The lowest BCUT2D eigenvalue weighted by Gasteiger charge is -2.24. The van der Waals surface area contributed by atoms with Crippen LogP contribution in [0, 0.1) is 5.41 Å². The molecule has 134 valence electrons. The third-order valence-corrected chi connectivity index (χ3v) is 5.29. The lowest BCUT2D eigenvalue weighted by atomic mass is 9.90. The zero-order chi connectivity index (χ0) is 16.3. The lowest BCUT2D eigenvalue weighted by molar-refractivity contribution is 0.0777. The summed E-state index contributed by atoms with van der Waals surface area (Å²) < 4.78 is 6.02. The van der Waals surface area contributed by atoms with Crippen LogP contribution in [0.4, 0.5) is 0 Å². The minimum absolute atomic E-state index is 0. The molecule has 2 fully saturated rings. The van der Waals surface area contributed by atoms with Crippen molar-refractivity contribution in [3.63, 3.8) is 0 Å². The quantitative estimate of drug-likeness (QED) is 0.900. The van der Waals surface area contributed by atoms with Crippen LogP contribution in [0.3, 0.4) is 0 Å². The maximum atomic E-state index is 12.6. The fourth-order valence-corrected chi connectivity index (χ4v) is 3.60. The van der Waals surface area contributed by atoms with Gasteiger partial charge < -0.3 is 15.4 Å². The molecule has 0 spiro atoms. The van der Waals surface area contributed by atoms with Crippen molar-refractivity contribution in [3.8, 4) is 5.75 Å². The van der Waals surface area contributed by atoms with Crippen LogP contribution in [0.25, 0.3) is 0 Å². The zero-order valence-electron chi connectivity index (χ0n) is 14.5. The Morgan fingerprint density at radius 1 is 1.25 bits per heavy atom. The Morgan fingerprint density at radius 3 is 2.50 bits per heavy atom. The third kappa shape index (κ3) is 4.42. The number of nitrogens with two attached hydrogens (primary N) is 1. The van der Waals surface area contributed by atoms with Crippen molar-refractivity contribution in [2.24, 2.45) is 11.1 Å². The molecule has 1 aliphatic heterocycles. The number of halogens is 1. The molecule has 1 unspecified atom stereocenters. The van der Waals surface area contributed by atoms with E-state index in [-0.39, 0.29) is 23.7 Å². The van der Waals surface area contributed by atoms with Crippen molar-refractivity contribution in [3.05, 3.63) is 29.8 Å². The first kappa shape index (κ1) is 19.1. The highest BCUT2D eigenvalue weighted by Crippen LogP contribution is 2.30. The normalized spacial score (nSPS) is 24.5. The van der Waals surface area contributed by atoms with Crippen molar-refractivity contribution in [2.45, 2.75) is 51.6 Å². The van der Waals surface area contributed by atoms with Crippen molar-refractivity contribution in [1.82, 2.24) is 4.90 Å². The third-order valence-electron chi connectivity index (χ3n) is 5.29. The minimum atomic E-state index is 0. The van der Waals surface area contributed by atoms with E-state index < -0.39 is 0 Å². The van der Waals surface area contributed by atoms with Crippen molar-refractivity contribution in [2.75, 3.05) is 19.6 Å². The van der Waals surface area contributed by atoms with E-state index in [9.17, 15) is 4.79 Å². The van der Waals surface area contributed by atoms with Crippen molar-refractivity contribution < 1.29 is 9.53 Å². The van der Waals surface area contributed by atoms with Gasteiger partial charge in [0.05, 0.1) is 6.10 Å². The monoisotopic (exact) mass is 352 g/mol. The highest BCUT2D eigenvalue weighted by atomic mass is 35.5. The van der Waals surface area contributed by atoms with Gasteiger partial charge in [0.15, 0.2) is 0 Å². The van der Waals surface area contributed by atoms with Gasteiger partial charge in [-0.25, -0.2) is 0 Å². The van der Waals surface area contributed by atoms with Gasteiger partial charge in [-0.1, -0.05) is 13.3 Å². The molecule has 24 heavy (non-hydrogen) atoms. The van der Waals surface area contributed by atoms with Gasteiger partial charge in [-0.05, 0) is 68.3 Å². The average Bonchev–Trinajstić information content (AvgIpc) is 2.99. The Kier molecular flexibility index (Phi) is 6.53. The number of carbonyl (C=O) groups is 1. The Labute approximate surface area is 151 Å². The van der Waals surface area contributed by atoms with Crippen LogP contribution in [0.1, 0.15) is 55.8 Å². The number of rotatable bonds is 4. The molecular weight excluding hydrogens is 324 g/mol. The highest BCUT2D eigenvalue weighted by molar-refractivity contribution is 5.94. The van der Waals surface area contributed by atoms with Gasteiger partial charge in [-0.15, -0.1) is 12.4 Å². The summed E-state index contributed by atoms with van der Waals surface area (Å²) in [6, 6.07) is 7.64. The molecule has 5 heteroatoms. The number of hydrogen-bond acceptors (Lipinski definition) is 3. The number of carbonyl (C=O) groups excluding carboxylic acids is 1. The van der Waals surface area contributed by atoms with Gasteiger partial charge in [-0.3, -0.25) is 4.79 Å². The van der Waals surface area contributed by atoms with Crippen molar-refractivity contribution in [1.29, 1.82) is 0 Å². The van der Waals surface area contributed by atoms with Crippen LogP contribution in [0.2, 0.25) is 0 Å². The predicted octanol–water partition coefficient (Wildman–Crippen LogP) is 3.63. The van der Waals surface area contributed by atoms with Crippen LogP contribution in [0.5, 0.6) is 5.75 Å². The van der Waals surface area contributed by atoms with Crippen LogP contribution in [0.15, 0.2) is 24.3 Å². The topological polar surface area (TPSA) is 55.6 Å². The molecule has 1 aliphatic carbocycles. The Balaban J connectivity index is 0.00000208. The number of benzene rings is 1. The zero-order valence-corrected chi connectivity index (χ0v) is 15.3. The summed E-state index contributed by atoms with van der Waals surface area (Å²) in [5.41, 5.74) is 6.63. The van der Waals surface area contributed by atoms with E-state index in [1.807, 2.05) is 29.2 Å². The molecule has 1 aromatic rings. The first-order chi connectivity index (χ1) is 11.1. The van der Waals surface area contributed by atoms with Crippen LogP contribution in [-0.4, -0.2) is 36.5 Å². The maximum Gasteiger partial charge on any atom is 0.253 e. The summed E-state index contributed by atoms with van der Waals surface area (Å²) in [6.45, 7) is 4.34. The Morgan fingerprint density at radius 2 is 1.92 bits per heavy atom. The number of likely N-dealkylation sites (tertiary alicyclic amines) is 1. The molecule has 3 rings (SSSR count). The summed E-state index contributed by atoms with van der Waals surface area (Å²) in [6.07, 6.45) is 7.46. The Bertz CT molecular complexity index is 543. The van der Waals surface area contributed by atoms with E-state index in [2.05, 4.69) is 6.92 Å². The second-order valence-electron chi connectivity index (χ2n) is 7.39.